The fourth-order valence-electron chi connectivity index (χ4n) is 0.942. The van der Waals surface area contributed by atoms with Gasteiger partial charge in [-0.3, -0.25) is 9.98 Å². The van der Waals surface area contributed by atoms with Gasteiger partial charge in [0.2, 0.25) is 0 Å². The molecule has 0 radical (unpaired) electrons. The number of aliphatic carboxylic acids is 1. The molecule has 0 saturated heterocycles. The molecule has 0 aliphatic heterocycles. The molecule has 8 heteroatoms. The van der Waals surface area contributed by atoms with Gasteiger partial charge < -0.3 is 21.7 Å². The minimum atomic E-state index is -1.15. The second-order valence-electron chi connectivity index (χ2n) is 2.97. The molecule has 1 atom stereocenters. The molecule has 17 heavy (non-hydrogen) atoms. The van der Waals surface area contributed by atoms with E-state index in [9.17, 15) is 9.90 Å². The second kappa shape index (κ2) is 10.7. The van der Waals surface area contributed by atoms with Crippen molar-refractivity contribution in [3.8, 4) is 0 Å². The molecular formula is C9H15KN4O3. The molecule has 0 heterocycles. The Morgan fingerprint density at radius 1 is 1.53 bits per heavy atom. The Morgan fingerprint density at radius 3 is 2.53 bits per heavy atom. The minimum absolute atomic E-state index is 0. The normalized spacial score (nSPS) is 12.1. The van der Waals surface area contributed by atoms with E-state index in [0.717, 1.165) is 6.08 Å². The third kappa shape index (κ3) is 10.5. The van der Waals surface area contributed by atoms with Crippen LogP contribution in [0.15, 0.2) is 22.6 Å². The number of carboxylic acids is 1. The fraction of sp³-hybridized carbons (Fsp3) is 0.444. The molecule has 0 amide bonds. The Labute approximate surface area is 142 Å². The Hall–Kier alpha value is -0.414. The van der Waals surface area contributed by atoms with E-state index in [1.165, 1.54) is 0 Å². The number of guanidine groups is 1. The van der Waals surface area contributed by atoms with Crippen molar-refractivity contribution < 1.29 is 66.4 Å². The van der Waals surface area contributed by atoms with Crippen molar-refractivity contribution in [2.45, 2.75) is 18.9 Å². The van der Waals surface area contributed by atoms with Gasteiger partial charge in [-0.25, -0.2) is 4.79 Å². The first kappa shape index (κ1) is 18.9. The second-order valence-corrected chi connectivity index (χ2v) is 2.97. The van der Waals surface area contributed by atoms with Crippen LogP contribution in [0.2, 0.25) is 0 Å². The smallest absolute Gasteiger partial charge is 0.859 e. The first-order valence-corrected chi connectivity index (χ1v) is 4.62. The van der Waals surface area contributed by atoms with Crippen LogP contribution in [0, 0.1) is 0 Å². The van der Waals surface area contributed by atoms with Crippen LogP contribution in [-0.2, 0) is 4.79 Å². The van der Waals surface area contributed by atoms with Crippen LogP contribution in [0.1, 0.15) is 12.8 Å². The number of nitrogens with zero attached hydrogens (tertiary/aromatic N) is 2. The quantitative estimate of drug-likeness (QED) is 0.184. The molecular weight excluding hydrogens is 251 g/mol. The molecule has 0 saturated carbocycles. The predicted molar refractivity (Wildman–Crippen MR) is 59.0 cm³/mol. The van der Waals surface area contributed by atoms with E-state index in [2.05, 4.69) is 16.6 Å². The molecule has 0 aliphatic carbocycles. The standard InChI is InChI=1S/C9H16N4O3.K/c1-2-7(14)13-6(8(15)16)4-3-5-12-9(10)11;/h2,6H,1,3-5H2,(H,13,14)(H,15,16)(H4,10,11,12);/q;+1/p-1/t6-;/m0./s1. The minimum Gasteiger partial charge on any atom is -0.859 e. The molecule has 0 aromatic carbocycles. The summed E-state index contributed by atoms with van der Waals surface area (Å²) in [6.07, 6.45) is 1.60. The largest absolute Gasteiger partial charge is 1.00 e. The molecule has 7 nitrogen and oxygen atoms in total. The summed E-state index contributed by atoms with van der Waals surface area (Å²) in [5, 5.41) is 19.6. The molecule has 90 valence electrons. The van der Waals surface area contributed by atoms with Crippen molar-refractivity contribution in [3.05, 3.63) is 12.7 Å². The van der Waals surface area contributed by atoms with Crippen LogP contribution >= 0.6 is 0 Å². The summed E-state index contributed by atoms with van der Waals surface area (Å²) < 4.78 is 0. The van der Waals surface area contributed by atoms with Crippen LogP contribution < -0.4 is 68.0 Å². The first-order chi connectivity index (χ1) is 7.47. The average molecular weight is 266 g/mol. The Balaban J connectivity index is 0. The van der Waals surface area contributed by atoms with Crippen LogP contribution in [0.4, 0.5) is 0 Å². The number of rotatable bonds is 7. The molecule has 0 fully saturated rings. The Morgan fingerprint density at radius 2 is 2.12 bits per heavy atom. The average Bonchev–Trinajstić information content (AvgIpc) is 2.21. The van der Waals surface area contributed by atoms with Gasteiger partial charge in [0.05, 0.1) is 0 Å². The van der Waals surface area contributed by atoms with Crippen molar-refractivity contribution in [2.75, 3.05) is 6.54 Å². The van der Waals surface area contributed by atoms with Crippen LogP contribution in [0.5, 0.6) is 0 Å². The maximum atomic E-state index is 10.9. The van der Waals surface area contributed by atoms with E-state index >= 15 is 0 Å². The van der Waals surface area contributed by atoms with Crippen molar-refractivity contribution >= 4 is 17.8 Å². The van der Waals surface area contributed by atoms with Gasteiger partial charge in [0, 0.05) is 6.54 Å². The molecule has 0 aromatic heterocycles. The summed E-state index contributed by atoms with van der Waals surface area (Å²) in [6, 6.07) is -1.07. The zero-order chi connectivity index (χ0) is 12.6. The zero-order valence-corrected chi connectivity index (χ0v) is 12.9. The maximum Gasteiger partial charge on any atom is 1.00 e. The fourth-order valence-corrected chi connectivity index (χ4v) is 0.942. The molecule has 0 bridgehead atoms. The number of carbonyl (C=O) groups is 1. The summed E-state index contributed by atoms with van der Waals surface area (Å²) in [6.45, 7) is 3.51. The van der Waals surface area contributed by atoms with Gasteiger partial charge in [-0.15, -0.1) is 0 Å². The molecule has 0 unspecified atom stereocenters. The SMILES string of the molecule is C=CC([O-])=N[C@@H](CCCN=C(N)N)C(=O)O.[K+]. The number of hydrogen-bond donors (Lipinski definition) is 3. The number of carboxylic acid groups (broad SMARTS) is 1. The Kier molecular flexibility index (Phi) is 11.9. The van der Waals surface area contributed by atoms with Gasteiger partial charge in [-0.2, -0.15) is 0 Å². The summed E-state index contributed by atoms with van der Waals surface area (Å²) in [5.74, 6) is -1.85. The van der Waals surface area contributed by atoms with Gasteiger partial charge in [0.1, 0.15) is 6.04 Å². The molecule has 0 rings (SSSR count). The van der Waals surface area contributed by atoms with E-state index in [0.29, 0.717) is 13.0 Å². The topological polar surface area (TPSA) is 137 Å². The Bertz CT molecular complexity index is 313. The van der Waals surface area contributed by atoms with Crippen LogP contribution in [-0.4, -0.2) is 35.5 Å². The van der Waals surface area contributed by atoms with Gasteiger partial charge in [0.25, 0.3) is 0 Å². The molecule has 0 aromatic rings. The van der Waals surface area contributed by atoms with E-state index < -0.39 is 17.9 Å². The monoisotopic (exact) mass is 266 g/mol. The van der Waals surface area contributed by atoms with Crippen molar-refractivity contribution in [3.63, 3.8) is 0 Å². The van der Waals surface area contributed by atoms with Crippen LogP contribution in [0.25, 0.3) is 0 Å². The number of hydrogen-bond acceptors (Lipinski definition) is 4. The van der Waals surface area contributed by atoms with Gasteiger partial charge in [0.15, 0.2) is 5.96 Å². The molecule has 0 spiro atoms. The van der Waals surface area contributed by atoms with Crippen LogP contribution in [0.3, 0.4) is 0 Å². The van der Waals surface area contributed by atoms with Gasteiger partial charge >= 0.3 is 57.4 Å². The number of aliphatic imine (C=N–C) groups is 2. The third-order valence-corrected chi connectivity index (χ3v) is 1.67. The third-order valence-electron chi connectivity index (χ3n) is 1.67. The maximum absolute atomic E-state index is 10.9. The summed E-state index contributed by atoms with van der Waals surface area (Å²) in [7, 11) is 0. The van der Waals surface area contributed by atoms with E-state index in [-0.39, 0.29) is 63.8 Å². The first-order valence-electron chi connectivity index (χ1n) is 4.62. The predicted octanol–water partition coefficient (Wildman–Crippen LogP) is -4.56. The van der Waals surface area contributed by atoms with Crippen molar-refractivity contribution in [1.82, 2.24) is 0 Å². The van der Waals surface area contributed by atoms with E-state index in [1.807, 2.05) is 0 Å². The van der Waals surface area contributed by atoms with Gasteiger partial charge in [-0.05, 0) is 18.7 Å². The number of nitrogens with two attached hydrogens (primary N) is 2. The summed E-state index contributed by atoms with van der Waals surface area (Å²) >= 11 is 0. The van der Waals surface area contributed by atoms with Gasteiger partial charge in [-0.1, -0.05) is 12.7 Å². The van der Waals surface area contributed by atoms with Crippen molar-refractivity contribution in [1.29, 1.82) is 0 Å². The van der Waals surface area contributed by atoms with Crippen molar-refractivity contribution in [2.24, 2.45) is 21.5 Å². The summed E-state index contributed by atoms with van der Waals surface area (Å²) in [5.41, 5.74) is 10.2. The van der Waals surface area contributed by atoms with E-state index in [4.69, 9.17) is 16.6 Å². The summed E-state index contributed by atoms with van der Waals surface area (Å²) in [4.78, 5) is 17.8. The molecule has 5 N–H and O–H groups in total. The van der Waals surface area contributed by atoms with E-state index in [1.54, 1.807) is 0 Å². The zero-order valence-electron chi connectivity index (χ0n) is 9.80. The molecule has 0 aliphatic rings.